The highest BCUT2D eigenvalue weighted by Crippen LogP contribution is 2.20. The summed E-state index contributed by atoms with van der Waals surface area (Å²) in [5.41, 5.74) is 5.89. The molecule has 0 bridgehead atoms. The van der Waals surface area contributed by atoms with Crippen LogP contribution in [0, 0.1) is 18.3 Å². The van der Waals surface area contributed by atoms with Gasteiger partial charge in [0.05, 0.1) is 6.54 Å². The average molecular weight is 327 g/mol. The summed E-state index contributed by atoms with van der Waals surface area (Å²) in [5.74, 6) is 1.000. The normalized spacial score (nSPS) is 10.9. The Kier molecular flexibility index (Phi) is 3.83. The van der Waals surface area contributed by atoms with Crippen LogP contribution in [0.3, 0.4) is 0 Å². The van der Waals surface area contributed by atoms with Gasteiger partial charge >= 0.3 is 0 Å². The van der Waals surface area contributed by atoms with Gasteiger partial charge in [0.1, 0.15) is 22.7 Å². The van der Waals surface area contributed by atoms with Crippen molar-refractivity contribution in [1.82, 2.24) is 4.98 Å². The molecule has 4 nitrogen and oxygen atoms in total. The van der Waals surface area contributed by atoms with Crippen LogP contribution in [0.1, 0.15) is 16.7 Å². The van der Waals surface area contributed by atoms with E-state index in [-0.39, 0.29) is 0 Å². The average Bonchev–Trinajstić information content (AvgIpc) is 3.02. The van der Waals surface area contributed by atoms with Crippen LogP contribution in [0.5, 0.6) is 0 Å². The molecule has 2 aromatic carbocycles. The van der Waals surface area contributed by atoms with Gasteiger partial charge in [0.25, 0.3) is 0 Å². The Bertz CT molecular complexity index is 1090. The predicted molar refractivity (Wildman–Crippen MR) is 99.5 cm³/mol. The number of anilines is 1. The van der Waals surface area contributed by atoms with Crippen molar-refractivity contribution in [3.63, 3.8) is 0 Å². The maximum absolute atomic E-state index is 9.55. The minimum atomic E-state index is 0.685. The topological polar surface area (TPSA) is 55.7 Å². The molecule has 0 atom stereocenters. The summed E-state index contributed by atoms with van der Waals surface area (Å²) in [7, 11) is 0. The first kappa shape index (κ1) is 15.2. The summed E-state index contributed by atoms with van der Waals surface area (Å²) in [6.07, 6.45) is 0.949. The van der Waals surface area contributed by atoms with E-state index in [1.807, 2.05) is 31.2 Å². The molecule has 0 fully saturated rings. The van der Waals surface area contributed by atoms with Crippen molar-refractivity contribution in [3.8, 4) is 6.07 Å². The number of hydrogen-bond donors (Lipinski definition) is 2. The Labute approximate surface area is 146 Å². The van der Waals surface area contributed by atoms with Crippen molar-refractivity contribution in [2.24, 2.45) is 0 Å². The summed E-state index contributed by atoms with van der Waals surface area (Å²) >= 11 is 0. The standard InChI is InChI=1S/C21H18N4/c1-15-13-20(23-12-11-16-7-3-2-4-8-16)25-19-10-6-5-9-18(19)24-21(25)17(15)14-22/h2-10,13H,11-12H2,1H3,(H,23,24)/p+1. The van der Waals surface area contributed by atoms with E-state index in [9.17, 15) is 5.26 Å². The number of nitrogens with zero attached hydrogens (tertiary/aromatic N) is 2. The van der Waals surface area contributed by atoms with Crippen molar-refractivity contribution >= 4 is 22.5 Å². The monoisotopic (exact) mass is 327 g/mol. The van der Waals surface area contributed by atoms with Gasteiger partial charge in [0.15, 0.2) is 0 Å². The second kappa shape index (κ2) is 6.29. The van der Waals surface area contributed by atoms with Crippen LogP contribution in [-0.2, 0) is 6.42 Å². The fourth-order valence-corrected chi connectivity index (χ4v) is 3.28. The molecule has 4 aromatic rings. The Morgan fingerprint density at radius 2 is 1.84 bits per heavy atom. The second-order valence-electron chi connectivity index (χ2n) is 6.19. The van der Waals surface area contributed by atoms with Crippen LogP contribution in [0.15, 0.2) is 60.7 Å². The molecule has 0 amide bonds. The van der Waals surface area contributed by atoms with E-state index in [1.165, 1.54) is 5.56 Å². The molecule has 0 radical (unpaired) electrons. The van der Waals surface area contributed by atoms with Gasteiger partial charge in [-0.3, -0.25) is 4.98 Å². The molecule has 122 valence electrons. The lowest BCUT2D eigenvalue weighted by Gasteiger charge is -2.07. The van der Waals surface area contributed by atoms with Crippen LogP contribution < -0.4 is 9.72 Å². The molecule has 2 N–H and O–H groups in total. The first-order valence-electron chi connectivity index (χ1n) is 8.42. The summed E-state index contributed by atoms with van der Waals surface area (Å²) in [5, 5.41) is 13.1. The van der Waals surface area contributed by atoms with Crippen molar-refractivity contribution in [2.75, 3.05) is 11.9 Å². The summed E-state index contributed by atoms with van der Waals surface area (Å²) in [4.78, 5) is 3.39. The third-order valence-corrected chi connectivity index (χ3v) is 4.52. The maximum atomic E-state index is 9.55. The van der Waals surface area contributed by atoms with Crippen molar-refractivity contribution in [1.29, 1.82) is 5.26 Å². The van der Waals surface area contributed by atoms with Crippen LogP contribution >= 0.6 is 0 Å². The van der Waals surface area contributed by atoms with Gasteiger partial charge in [-0.05, 0) is 30.2 Å². The molecule has 2 aromatic heterocycles. The lowest BCUT2D eigenvalue weighted by molar-refractivity contribution is -0.465. The molecule has 25 heavy (non-hydrogen) atoms. The summed E-state index contributed by atoms with van der Waals surface area (Å²) in [6, 6.07) is 22.9. The van der Waals surface area contributed by atoms with Crippen LogP contribution in [0.25, 0.3) is 16.7 Å². The van der Waals surface area contributed by atoms with Gasteiger partial charge < -0.3 is 5.32 Å². The number of nitriles is 1. The van der Waals surface area contributed by atoms with E-state index in [1.54, 1.807) is 0 Å². The number of hydrogen-bond acceptors (Lipinski definition) is 2. The third kappa shape index (κ3) is 2.70. The molecule has 0 aliphatic carbocycles. The van der Waals surface area contributed by atoms with Crippen molar-refractivity contribution in [2.45, 2.75) is 13.3 Å². The summed E-state index contributed by atoms with van der Waals surface area (Å²) in [6.45, 7) is 2.81. The number of aromatic nitrogens is 2. The van der Waals surface area contributed by atoms with Crippen molar-refractivity contribution in [3.05, 3.63) is 77.4 Å². The molecule has 0 unspecified atom stereocenters. The Hall–Kier alpha value is -3.32. The van der Waals surface area contributed by atoms with Gasteiger partial charge in [-0.2, -0.15) is 9.66 Å². The zero-order valence-electron chi connectivity index (χ0n) is 14.1. The molecule has 0 saturated heterocycles. The van der Waals surface area contributed by atoms with Gasteiger partial charge in [-0.25, -0.2) is 0 Å². The van der Waals surface area contributed by atoms with Gasteiger partial charge in [-0.15, -0.1) is 0 Å². The van der Waals surface area contributed by atoms with E-state index in [4.69, 9.17) is 0 Å². The largest absolute Gasteiger partial charge is 0.305 e. The van der Waals surface area contributed by atoms with E-state index >= 15 is 0 Å². The third-order valence-electron chi connectivity index (χ3n) is 4.52. The zero-order valence-corrected chi connectivity index (χ0v) is 14.1. The number of imidazole rings is 1. The van der Waals surface area contributed by atoms with Gasteiger partial charge in [0.2, 0.25) is 11.5 Å². The molecule has 0 aliphatic heterocycles. The number of fused-ring (bicyclic) bond motifs is 3. The van der Waals surface area contributed by atoms with E-state index in [2.05, 4.69) is 57.2 Å². The Morgan fingerprint density at radius 1 is 1.08 bits per heavy atom. The highest BCUT2D eigenvalue weighted by molar-refractivity contribution is 5.77. The number of benzene rings is 2. The highest BCUT2D eigenvalue weighted by atomic mass is 15.1. The molecule has 0 aliphatic rings. The van der Waals surface area contributed by atoms with Crippen molar-refractivity contribution < 1.29 is 4.40 Å². The van der Waals surface area contributed by atoms with E-state index in [0.29, 0.717) is 5.56 Å². The number of aromatic amines is 1. The smallest absolute Gasteiger partial charge is 0.250 e. The summed E-state index contributed by atoms with van der Waals surface area (Å²) < 4.78 is 2.10. The van der Waals surface area contributed by atoms with Gasteiger partial charge in [0, 0.05) is 12.5 Å². The molecule has 0 saturated carbocycles. The maximum Gasteiger partial charge on any atom is 0.250 e. The SMILES string of the molecule is Cc1cc(NCCc2ccccc2)[n+]2c([nH]c3ccccc32)c1C#N. The van der Waals surface area contributed by atoms with E-state index in [0.717, 1.165) is 41.0 Å². The van der Waals surface area contributed by atoms with Crippen LogP contribution in [0.2, 0.25) is 0 Å². The number of aryl methyl sites for hydroxylation is 1. The highest BCUT2D eigenvalue weighted by Gasteiger charge is 2.19. The van der Waals surface area contributed by atoms with Gasteiger partial charge in [-0.1, -0.05) is 42.5 Å². The molecule has 0 spiro atoms. The zero-order chi connectivity index (χ0) is 17.2. The first-order chi connectivity index (χ1) is 12.3. The fourth-order valence-electron chi connectivity index (χ4n) is 3.28. The molecular weight excluding hydrogens is 308 g/mol. The Balaban J connectivity index is 1.76. The number of H-pyrrole nitrogens is 1. The first-order valence-corrected chi connectivity index (χ1v) is 8.42. The number of para-hydroxylation sites is 2. The number of pyridine rings is 1. The quantitative estimate of drug-likeness (QED) is 0.561. The molecule has 2 heterocycles. The second-order valence-corrected chi connectivity index (χ2v) is 6.19. The molecule has 4 rings (SSSR count). The molecule has 4 heteroatoms. The fraction of sp³-hybridized carbons (Fsp3) is 0.143. The van der Waals surface area contributed by atoms with Crippen LogP contribution in [-0.4, -0.2) is 11.5 Å². The van der Waals surface area contributed by atoms with Crippen LogP contribution in [0.4, 0.5) is 5.82 Å². The molecular formula is C21H19N4+. The number of nitrogens with one attached hydrogen (secondary N) is 2. The lowest BCUT2D eigenvalue weighted by Crippen LogP contribution is -2.28. The lowest BCUT2D eigenvalue weighted by atomic mass is 10.1. The minimum absolute atomic E-state index is 0.685. The van der Waals surface area contributed by atoms with E-state index < -0.39 is 0 Å². The number of rotatable bonds is 4. The Morgan fingerprint density at radius 3 is 2.64 bits per heavy atom. The predicted octanol–water partition coefficient (Wildman–Crippen LogP) is 3.74. The minimum Gasteiger partial charge on any atom is -0.305 e.